The molecule has 2 heterocycles. The summed E-state index contributed by atoms with van der Waals surface area (Å²) in [5.41, 5.74) is -0.153. The van der Waals surface area contributed by atoms with Crippen molar-refractivity contribution in [3.05, 3.63) is 22.5 Å². The quantitative estimate of drug-likeness (QED) is 0.599. The number of amides is 1. The lowest BCUT2D eigenvalue weighted by Crippen LogP contribution is -2.48. The molecule has 0 spiro atoms. The summed E-state index contributed by atoms with van der Waals surface area (Å²) in [4.78, 5) is 35.3. The molecule has 0 aliphatic carbocycles. The number of hydrogen-bond donors (Lipinski definition) is 0. The van der Waals surface area contributed by atoms with Gasteiger partial charge < -0.3 is 4.90 Å². The molecule has 1 fully saturated rings. The SMILES string of the molecule is CC(=O)[C@H]1CCCCN1C(=O)Cn1cc([N+](=O)[O-])cn1. The van der Waals surface area contributed by atoms with Gasteiger partial charge in [-0.05, 0) is 26.2 Å². The first-order valence-corrected chi connectivity index (χ1v) is 6.46. The van der Waals surface area contributed by atoms with Gasteiger partial charge in [-0.15, -0.1) is 0 Å². The molecule has 0 N–H and O–H groups in total. The van der Waals surface area contributed by atoms with Gasteiger partial charge in [0.05, 0.1) is 11.0 Å². The van der Waals surface area contributed by atoms with Crippen LogP contribution in [0.1, 0.15) is 26.2 Å². The van der Waals surface area contributed by atoms with Gasteiger partial charge in [-0.2, -0.15) is 5.10 Å². The number of nitrogens with zero attached hydrogens (tertiary/aromatic N) is 4. The van der Waals surface area contributed by atoms with E-state index in [0.29, 0.717) is 13.0 Å². The smallest absolute Gasteiger partial charge is 0.307 e. The molecular formula is C12H16N4O4. The lowest BCUT2D eigenvalue weighted by atomic mass is 9.99. The first-order chi connectivity index (χ1) is 9.49. The Labute approximate surface area is 115 Å². The molecule has 108 valence electrons. The highest BCUT2D eigenvalue weighted by molar-refractivity contribution is 5.87. The molecule has 0 radical (unpaired) electrons. The maximum atomic E-state index is 12.2. The zero-order chi connectivity index (χ0) is 14.7. The van der Waals surface area contributed by atoms with Crippen molar-refractivity contribution < 1.29 is 14.5 Å². The first-order valence-electron chi connectivity index (χ1n) is 6.46. The molecule has 0 aromatic carbocycles. The summed E-state index contributed by atoms with van der Waals surface area (Å²) in [7, 11) is 0. The van der Waals surface area contributed by atoms with Gasteiger partial charge in [0.2, 0.25) is 5.91 Å². The highest BCUT2D eigenvalue weighted by Gasteiger charge is 2.29. The number of carbonyl (C=O) groups excluding carboxylic acids is 2. The molecule has 20 heavy (non-hydrogen) atoms. The van der Waals surface area contributed by atoms with Crippen molar-refractivity contribution in [2.45, 2.75) is 38.8 Å². The monoisotopic (exact) mass is 280 g/mol. The molecule has 1 aliphatic heterocycles. The van der Waals surface area contributed by atoms with E-state index in [4.69, 9.17) is 0 Å². The Morgan fingerprint density at radius 1 is 1.50 bits per heavy atom. The Morgan fingerprint density at radius 3 is 2.85 bits per heavy atom. The molecule has 1 aromatic rings. The number of ketones is 1. The summed E-state index contributed by atoms with van der Waals surface area (Å²) in [5, 5.41) is 14.3. The topological polar surface area (TPSA) is 98.3 Å². The van der Waals surface area contributed by atoms with Crippen LogP contribution in [0.15, 0.2) is 12.4 Å². The van der Waals surface area contributed by atoms with Crippen molar-refractivity contribution in [1.82, 2.24) is 14.7 Å². The number of nitro groups is 1. The molecule has 8 nitrogen and oxygen atoms in total. The van der Waals surface area contributed by atoms with Gasteiger partial charge in [0.25, 0.3) is 0 Å². The fraction of sp³-hybridized carbons (Fsp3) is 0.583. The minimum atomic E-state index is -0.562. The predicted molar refractivity (Wildman–Crippen MR) is 68.9 cm³/mol. The van der Waals surface area contributed by atoms with E-state index in [1.165, 1.54) is 17.8 Å². The predicted octanol–water partition coefficient (Wildman–Crippen LogP) is 0.761. The molecule has 1 atom stereocenters. The van der Waals surface area contributed by atoms with E-state index >= 15 is 0 Å². The molecule has 0 saturated carbocycles. The number of likely N-dealkylation sites (tertiary alicyclic amines) is 1. The van der Waals surface area contributed by atoms with Gasteiger partial charge in [0.1, 0.15) is 18.9 Å². The van der Waals surface area contributed by atoms with Crippen molar-refractivity contribution in [3.63, 3.8) is 0 Å². The third kappa shape index (κ3) is 3.01. The molecule has 1 amide bonds. The second kappa shape index (κ2) is 5.81. The van der Waals surface area contributed by atoms with E-state index in [0.717, 1.165) is 19.0 Å². The fourth-order valence-electron chi connectivity index (χ4n) is 2.42. The maximum Gasteiger partial charge on any atom is 0.307 e. The van der Waals surface area contributed by atoms with E-state index in [1.807, 2.05) is 0 Å². The standard InChI is InChI=1S/C12H16N4O4/c1-9(17)11-4-2-3-5-15(11)12(18)8-14-7-10(6-13-14)16(19)20/h6-7,11H,2-5,8H2,1H3/t11-/m1/s1. The Balaban J connectivity index is 2.05. The Kier molecular flexibility index (Phi) is 4.11. The second-order valence-electron chi connectivity index (χ2n) is 4.86. The summed E-state index contributed by atoms with van der Waals surface area (Å²) in [6, 6.07) is -0.373. The Morgan fingerprint density at radius 2 is 2.25 bits per heavy atom. The van der Waals surface area contributed by atoms with E-state index in [2.05, 4.69) is 5.10 Å². The first kappa shape index (κ1) is 14.2. The van der Waals surface area contributed by atoms with Gasteiger partial charge in [0, 0.05) is 6.54 Å². The van der Waals surface area contributed by atoms with Crippen LogP contribution in [0.25, 0.3) is 0 Å². The Hall–Kier alpha value is -2.25. The largest absolute Gasteiger partial charge is 0.331 e. The van der Waals surface area contributed by atoms with Crippen LogP contribution >= 0.6 is 0 Å². The molecule has 1 aliphatic rings. The number of rotatable bonds is 4. The minimum Gasteiger partial charge on any atom is -0.331 e. The highest BCUT2D eigenvalue weighted by atomic mass is 16.6. The Bertz CT molecular complexity index is 539. The van der Waals surface area contributed by atoms with Crippen molar-refractivity contribution in [1.29, 1.82) is 0 Å². The van der Waals surface area contributed by atoms with E-state index < -0.39 is 4.92 Å². The number of Topliss-reactive ketones (excluding diaryl/α,β-unsaturated/α-hetero) is 1. The third-order valence-corrected chi connectivity index (χ3v) is 3.42. The minimum absolute atomic E-state index is 0.0236. The molecule has 8 heteroatoms. The number of piperidine rings is 1. The number of aromatic nitrogens is 2. The second-order valence-corrected chi connectivity index (χ2v) is 4.86. The number of hydrogen-bond acceptors (Lipinski definition) is 5. The van der Waals surface area contributed by atoms with Crippen LogP contribution in [0, 0.1) is 10.1 Å². The van der Waals surface area contributed by atoms with Gasteiger partial charge in [-0.3, -0.25) is 24.4 Å². The summed E-state index contributed by atoms with van der Waals surface area (Å²) in [6.45, 7) is 1.94. The summed E-state index contributed by atoms with van der Waals surface area (Å²) >= 11 is 0. The van der Waals surface area contributed by atoms with Gasteiger partial charge in [0.15, 0.2) is 5.78 Å². The van der Waals surface area contributed by atoms with Crippen LogP contribution in [-0.4, -0.2) is 43.9 Å². The van der Waals surface area contributed by atoms with E-state index in [9.17, 15) is 19.7 Å². The van der Waals surface area contributed by atoms with Crippen molar-refractivity contribution in [2.24, 2.45) is 0 Å². The lowest BCUT2D eigenvalue weighted by Gasteiger charge is -2.34. The van der Waals surface area contributed by atoms with Crippen molar-refractivity contribution >= 4 is 17.4 Å². The van der Waals surface area contributed by atoms with Crippen LogP contribution in [0.4, 0.5) is 5.69 Å². The van der Waals surface area contributed by atoms with Crippen LogP contribution in [0.5, 0.6) is 0 Å². The van der Waals surface area contributed by atoms with Gasteiger partial charge >= 0.3 is 5.69 Å². The van der Waals surface area contributed by atoms with Gasteiger partial charge in [-0.1, -0.05) is 0 Å². The number of carbonyl (C=O) groups is 2. The summed E-state index contributed by atoms with van der Waals surface area (Å²) in [6.07, 6.45) is 4.80. The summed E-state index contributed by atoms with van der Waals surface area (Å²) in [5.74, 6) is -0.257. The van der Waals surface area contributed by atoms with Crippen LogP contribution in [0.3, 0.4) is 0 Å². The third-order valence-electron chi connectivity index (χ3n) is 3.42. The lowest BCUT2D eigenvalue weighted by molar-refractivity contribution is -0.385. The molecule has 0 bridgehead atoms. The van der Waals surface area contributed by atoms with Crippen LogP contribution in [0.2, 0.25) is 0 Å². The fourth-order valence-corrected chi connectivity index (χ4v) is 2.42. The zero-order valence-corrected chi connectivity index (χ0v) is 11.2. The maximum absolute atomic E-state index is 12.2. The molecule has 2 rings (SSSR count). The average Bonchev–Trinajstić information content (AvgIpc) is 2.87. The van der Waals surface area contributed by atoms with Crippen molar-refractivity contribution in [3.8, 4) is 0 Å². The van der Waals surface area contributed by atoms with Crippen LogP contribution in [-0.2, 0) is 16.1 Å². The normalized spacial score (nSPS) is 18.9. The molecule has 1 saturated heterocycles. The van der Waals surface area contributed by atoms with E-state index in [-0.39, 0.29) is 30.0 Å². The van der Waals surface area contributed by atoms with Gasteiger partial charge in [-0.25, -0.2) is 0 Å². The molecular weight excluding hydrogens is 264 g/mol. The highest BCUT2D eigenvalue weighted by Crippen LogP contribution is 2.18. The zero-order valence-electron chi connectivity index (χ0n) is 11.2. The van der Waals surface area contributed by atoms with Crippen molar-refractivity contribution in [2.75, 3.05) is 6.54 Å². The van der Waals surface area contributed by atoms with Crippen LogP contribution < -0.4 is 0 Å². The van der Waals surface area contributed by atoms with E-state index in [1.54, 1.807) is 4.90 Å². The summed E-state index contributed by atoms with van der Waals surface area (Å²) < 4.78 is 1.23. The average molecular weight is 280 g/mol. The molecule has 1 aromatic heterocycles. The molecule has 0 unspecified atom stereocenters.